The van der Waals surface area contributed by atoms with Gasteiger partial charge in [0.25, 0.3) is 0 Å². The normalized spacial score (nSPS) is 17.7. The zero-order valence-electron chi connectivity index (χ0n) is 19.7. The quantitative estimate of drug-likeness (QED) is 0.358. The SMILES string of the molecule is NC(=O)[C@H](Cc1c[nH]c2ccccc12)NC(=O)[C@@H]1CCCCN1S(=O)(=O)c1ccc2ccccc2c1. The molecule has 186 valence electrons. The largest absolute Gasteiger partial charge is 0.368 e. The Morgan fingerprint density at radius 2 is 1.78 bits per heavy atom. The van der Waals surface area contributed by atoms with Crippen molar-refractivity contribution in [2.45, 2.75) is 42.7 Å². The van der Waals surface area contributed by atoms with Crippen molar-refractivity contribution in [1.29, 1.82) is 0 Å². The lowest BCUT2D eigenvalue weighted by atomic mass is 10.0. The highest BCUT2D eigenvalue weighted by Gasteiger charge is 2.38. The molecule has 0 spiro atoms. The van der Waals surface area contributed by atoms with E-state index in [2.05, 4.69) is 10.3 Å². The molecule has 2 heterocycles. The number of piperidine rings is 1. The molecule has 5 rings (SSSR count). The minimum absolute atomic E-state index is 0.145. The summed E-state index contributed by atoms with van der Waals surface area (Å²) < 4.78 is 28.5. The van der Waals surface area contributed by atoms with Crippen LogP contribution in [0.25, 0.3) is 21.7 Å². The van der Waals surface area contributed by atoms with Crippen LogP contribution in [0.4, 0.5) is 0 Å². The number of hydrogen-bond acceptors (Lipinski definition) is 4. The van der Waals surface area contributed by atoms with E-state index >= 15 is 0 Å². The number of para-hydroxylation sites is 1. The number of hydrogen-bond donors (Lipinski definition) is 3. The first kappa shape index (κ1) is 24.0. The van der Waals surface area contributed by atoms with E-state index in [-0.39, 0.29) is 17.9 Å². The predicted molar refractivity (Wildman–Crippen MR) is 139 cm³/mol. The van der Waals surface area contributed by atoms with E-state index in [1.165, 1.54) is 4.31 Å². The van der Waals surface area contributed by atoms with Gasteiger partial charge in [0.2, 0.25) is 21.8 Å². The summed E-state index contributed by atoms with van der Waals surface area (Å²) in [6.07, 6.45) is 3.74. The molecular weight excluding hydrogens is 476 g/mol. The van der Waals surface area contributed by atoms with Gasteiger partial charge in [0.05, 0.1) is 4.90 Å². The summed E-state index contributed by atoms with van der Waals surface area (Å²) in [7, 11) is -3.93. The van der Waals surface area contributed by atoms with E-state index in [0.717, 1.165) is 27.2 Å². The standard InChI is InChI=1S/C27H28N4O4S/c28-26(32)24(16-20-17-29-23-10-4-3-9-22(20)23)30-27(33)25-11-5-6-14-31(25)36(34,35)21-13-12-18-7-1-2-8-19(18)15-21/h1-4,7-10,12-13,15,17,24-25,29H,5-6,11,14,16H2,(H2,28,32)(H,30,33)/t24-,25-/m0/s1. The number of nitrogens with zero attached hydrogens (tertiary/aromatic N) is 1. The van der Waals surface area contributed by atoms with Crippen LogP contribution in [-0.2, 0) is 26.0 Å². The lowest BCUT2D eigenvalue weighted by Gasteiger charge is -2.34. The van der Waals surface area contributed by atoms with Crippen LogP contribution in [0.1, 0.15) is 24.8 Å². The van der Waals surface area contributed by atoms with E-state index in [9.17, 15) is 18.0 Å². The second-order valence-electron chi connectivity index (χ2n) is 9.16. The first-order valence-electron chi connectivity index (χ1n) is 12.0. The molecule has 4 aromatic rings. The Balaban J connectivity index is 1.39. The molecule has 0 unspecified atom stereocenters. The van der Waals surface area contributed by atoms with Crippen molar-refractivity contribution < 1.29 is 18.0 Å². The van der Waals surface area contributed by atoms with E-state index in [4.69, 9.17) is 5.73 Å². The number of rotatable bonds is 7. The zero-order chi connectivity index (χ0) is 25.3. The molecule has 9 heteroatoms. The van der Waals surface area contributed by atoms with Crippen molar-refractivity contribution in [3.8, 4) is 0 Å². The maximum Gasteiger partial charge on any atom is 0.243 e. The first-order valence-corrected chi connectivity index (χ1v) is 13.4. The van der Waals surface area contributed by atoms with Gasteiger partial charge in [-0.1, -0.05) is 55.0 Å². The highest BCUT2D eigenvalue weighted by atomic mass is 32.2. The van der Waals surface area contributed by atoms with Crippen molar-refractivity contribution in [1.82, 2.24) is 14.6 Å². The zero-order valence-corrected chi connectivity index (χ0v) is 20.5. The van der Waals surface area contributed by atoms with Crippen molar-refractivity contribution in [3.05, 3.63) is 78.5 Å². The Morgan fingerprint density at radius 3 is 2.58 bits per heavy atom. The maximum atomic E-state index is 13.6. The van der Waals surface area contributed by atoms with Gasteiger partial charge >= 0.3 is 0 Å². The maximum absolute atomic E-state index is 13.6. The average molecular weight is 505 g/mol. The van der Waals surface area contributed by atoms with Gasteiger partial charge in [-0.3, -0.25) is 9.59 Å². The molecule has 36 heavy (non-hydrogen) atoms. The highest BCUT2D eigenvalue weighted by molar-refractivity contribution is 7.89. The fourth-order valence-corrected chi connectivity index (χ4v) is 6.62. The fourth-order valence-electron chi connectivity index (χ4n) is 4.93. The van der Waals surface area contributed by atoms with E-state index in [1.807, 2.05) is 48.5 Å². The third-order valence-corrected chi connectivity index (χ3v) is 8.75. The van der Waals surface area contributed by atoms with Gasteiger partial charge in [-0.25, -0.2) is 8.42 Å². The Hall–Kier alpha value is -3.69. The number of fused-ring (bicyclic) bond motifs is 2. The van der Waals surface area contributed by atoms with Gasteiger partial charge in [-0.15, -0.1) is 0 Å². The molecule has 0 saturated carbocycles. The summed E-state index contributed by atoms with van der Waals surface area (Å²) in [4.78, 5) is 28.9. The highest BCUT2D eigenvalue weighted by Crippen LogP contribution is 2.28. The number of H-pyrrole nitrogens is 1. The molecule has 1 aliphatic rings. The molecule has 4 N–H and O–H groups in total. The number of aromatic nitrogens is 1. The van der Waals surface area contributed by atoms with Crippen LogP contribution >= 0.6 is 0 Å². The molecular formula is C27H28N4O4S. The summed E-state index contributed by atoms with van der Waals surface area (Å²) in [6.45, 7) is 0.233. The summed E-state index contributed by atoms with van der Waals surface area (Å²) in [5, 5.41) is 5.43. The minimum Gasteiger partial charge on any atom is -0.368 e. The molecule has 0 bridgehead atoms. The number of carbonyl (C=O) groups is 2. The Labute approximate surface area is 209 Å². The van der Waals surface area contributed by atoms with E-state index in [1.54, 1.807) is 24.4 Å². The fraction of sp³-hybridized carbons (Fsp3) is 0.259. The smallest absolute Gasteiger partial charge is 0.243 e. The Kier molecular flexibility index (Phi) is 6.51. The van der Waals surface area contributed by atoms with Gasteiger partial charge in [0, 0.05) is 30.1 Å². The molecule has 1 aromatic heterocycles. The van der Waals surface area contributed by atoms with Crippen LogP contribution < -0.4 is 11.1 Å². The average Bonchev–Trinajstić information content (AvgIpc) is 3.30. The van der Waals surface area contributed by atoms with Crippen LogP contribution in [0.2, 0.25) is 0 Å². The molecule has 1 fully saturated rings. The molecule has 2 amide bonds. The Bertz CT molecular complexity index is 1550. The number of aromatic amines is 1. The van der Waals surface area contributed by atoms with Crippen molar-refractivity contribution in [2.24, 2.45) is 5.73 Å². The number of carbonyl (C=O) groups excluding carboxylic acids is 2. The lowest BCUT2D eigenvalue weighted by molar-refractivity contribution is -0.130. The Morgan fingerprint density at radius 1 is 1.03 bits per heavy atom. The number of nitrogens with two attached hydrogens (primary N) is 1. The summed E-state index contributed by atoms with van der Waals surface area (Å²) in [5.41, 5.74) is 7.41. The lowest BCUT2D eigenvalue weighted by Crippen LogP contribution is -2.56. The van der Waals surface area contributed by atoms with Gasteiger partial charge in [-0.05, 0) is 47.4 Å². The van der Waals surface area contributed by atoms with Crippen LogP contribution in [0.15, 0.2) is 77.8 Å². The summed E-state index contributed by atoms with van der Waals surface area (Å²) >= 11 is 0. The van der Waals surface area contributed by atoms with E-state index in [0.29, 0.717) is 19.3 Å². The van der Waals surface area contributed by atoms with Gasteiger partial charge in [-0.2, -0.15) is 4.31 Å². The monoisotopic (exact) mass is 504 g/mol. The molecule has 1 aliphatic heterocycles. The van der Waals surface area contributed by atoms with Crippen LogP contribution in [0.5, 0.6) is 0 Å². The molecule has 2 atom stereocenters. The van der Waals surface area contributed by atoms with Crippen LogP contribution in [0, 0.1) is 0 Å². The summed E-state index contributed by atoms with van der Waals surface area (Å²) in [5.74, 6) is -1.18. The van der Waals surface area contributed by atoms with Crippen molar-refractivity contribution in [2.75, 3.05) is 6.54 Å². The second-order valence-corrected chi connectivity index (χ2v) is 11.1. The number of primary amides is 1. The minimum atomic E-state index is -3.93. The molecule has 3 aromatic carbocycles. The van der Waals surface area contributed by atoms with Gasteiger partial charge in [0.15, 0.2) is 0 Å². The topological polar surface area (TPSA) is 125 Å². The molecule has 0 radical (unpaired) electrons. The second kappa shape index (κ2) is 9.75. The van der Waals surface area contributed by atoms with Crippen molar-refractivity contribution >= 4 is 43.5 Å². The number of nitrogens with one attached hydrogen (secondary N) is 2. The van der Waals surface area contributed by atoms with E-state index < -0.39 is 33.9 Å². The molecule has 8 nitrogen and oxygen atoms in total. The number of benzene rings is 3. The van der Waals surface area contributed by atoms with Crippen LogP contribution in [-0.4, -0.2) is 48.1 Å². The predicted octanol–water partition coefficient (Wildman–Crippen LogP) is 3.08. The summed E-state index contributed by atoms with van der Waals surface area (Å²) in [6, 6.07) is 18.3. The number of sulfonamides is 1. The van der Waals surface area contributed by atoms with Crippen LogP contribution in [0.3, 0.4) is 0 Å². The molecule has 1 saturated heterocycles. The van der Waals surface area contributed by atoms with Crippen molar-refractivity contribution in [3.63, 3.8) is 0 Å². The third kappa shape index (κ3) is 4.59. The first-order chi connectivity index (χ1) is 17.3. The number of amides is 2. The third-order valence-electron chi connectivity index (χ3n) is 6.84. The van der Waals surface area contributed by atoms with Gasteiger partial charge in [0.1, 0.15) is 12.1 Å². The molecule has 0 aliphatic carbocycles. The van der Waals surface area contributed by atoms with Gasteiger partial charge < -0.3 is 16.0 Å².